The van der Waals surface area contributed by atoms with Crippen molar-refractivity contribution in [2.45, 2.75) is 37.0 Å². The van der Waals surface area contributed by atoms with Crippen molar-refractivity contribution >= 4 is 0 Å². The molecule has 2 aliphatic rings. The highest BCUT2D eigenvalue weighted by Gasteiger charge is 2.43. The molecule has 2 heterocycles. The standard InChI is InChI=1S/C17H25NO3/c1-19-16(13-5-3-2-4-6-13)15(18)14-7-9-21-17(11-14)8-10-20-12-17/h2-6,14-16H,7-12,18H2,1H3. The number of rotatable bonds is 4. The molecule has 0 bridgehead atoms. The number of methoxy groups -OCH3 is 1. The zero-order chi connectivity index (χ0) is 14.7. The molecule has 0 aromatic heterocycles. The van der Waals surface area contributed by atoms with E-state index >= 15 is 0 Å². The molecule has 4 atom stereocenters. The Labute approximate surface area is 126 Å². The quantitative estimate of drug-likeness (QED) is 0.924. The summed E-state index contributed by atoms with van der Waals surface area (Å²) in [5, 5.41) is 0. The Hall–Kier alpha value is -0.940. The van der Waals surface area contributed by atoms with E-state index in [2.05, 4.69) is 12.1 Å². The average Bonchev–Trinajstić information content (AvgIpc) is 2.97. The summed E-state index contributed by atoms with van der Waals surface area (Å²) in [6, 6.07) is 10.2. The lowest BCUT2D eigenvalue weighted by atomic mass is 9.78. The Morgan fingerprint density at radius 3 is 2.76 bits per heavy atom. The van der Waals surface area contributed by atoms with E-state index in [1.807, 2.05) is 18.2 Å². The Bertz CT molecular complexity index is 445. The predicted octanol–water partition coefficient (Wildman–Crippen LogP) is 2.29. The molecule has 116 valence electrons. The van der Waals surface area contributed by atoms with Gasteiger partial charge in [-0.2, -0.15) is 0 Å². The fourth-order valence-electron chi connectivity index (χ4n) is 3.66. The van der Waals surface area contributed by atoms with E-state index in [9.17, 15) is 0 Å². The third kappa shape index (κ3) is 3.14. The van der Waals surface area contributed by atoms with Crippen molar-refractivity contribution in [2.75, 3.05) is 26.9 Å². The molecule has 4 heteroatoms. The first-order valence-electron chi connectivity index (χ1n) is 7.79. The molecular formula is C17H25NO3. The molecule has 2 saturated heterocycles. The molecule has 1 spiro atoms. The van der Waals surface area contributed by atoms with Gasteiger partial charge in [0.1, 0.15) is 0 Å². The van der Waals surface area contributed by atoms with Crippen molar-refractivity contribution in [2.24, 2.45) is 11.7 Å². The molecule has 0 radical (unpaired) electrons. The maximum atomic E-state index is 6.56. The van der Waals surface area contributed by atoms with E-state index in [1.54, 1.807) is 7.11 Å². The minimum atomic E-state index is -0.102. The summed E-state index contributed by atoms with van der Waals surface area (Å²) in [6.45, 7) is 2.28. The molecule has 3 rings (SSSR count). The van der Waals surface area contributed by atoms with E-state index in [0.717, 1.165) is 38.0 Å². The molecule has 0 aliphatic carbocycles. The Morgan fingerprint density at radius 1 is 1.29 bits per heavy atom. The smallest absolute Gasteiger partial charge is 0.0974 e. The number of hydrogen-bond donors (Lipinski definition) is 1. The van der Waals surface area contributed by atoms with Crippen LogP contribution >= 0.6 is 0 Å². The van der Waals surface area contributed by atoms with E-state index in [0.29, 0.717) is 12.5 Å². The number of benzene rings is 1. The summed E-state index contributed by atoms with van der Waals surface area (Å²) in [7, 11) is 1.74. The molecule has 2 N–H and O–H groups in total. The van der Waals surface area contributed by atoms with Gasteiger partial charge in [-0.15, -0.1) is 0 Å². The minimum absolute atomic E-state index is 0.0150. The molecule has 4 nitrogen and oxygen atoms in total. The molecule has 2 fully saturated rings. The first-order chi connectivity index (χ1) is 10.2. The maximum absolute atomic E-state index is 6.56. The van der Waals surface area contributed by atoms with Gasteiger partial charge in [-0.25, -0.2) is 0 Å². The lowest BCUT2D eigenvalue weighted by Gasteiger charge is -2.41. The summed E-state index contributed by atoms with van der Waals surface area (Å²) in [4.78, 5) is 0. The van der Waals surface area contributed by atoms with Crippen molar-refractivity contribution in [3.8, 4) is 0 Å². The monoisotopic (exact) mass is 291 g/mol. The van der Waals surface area contributed by atoms with Crippen LogP contribution in [-0.4, -0.2) is 38.6 Å². The Morgan fingerprint density at radius 2 is 2.10 bits per heavy atom. The number of nitrogens with two attached hydrogens (primary N) is 1. The summed E-state index contributed by atoms with van der Waals surface area (Å²) in [5.74, 6) is 0.408. The number of ether oxygens (including phenoxy) is 3. The van der Waals surface area contributed by atoms with Crippen LogP contribution in [-0.2, 0) is 14.2 Å². The lowest BCUT2D eigenvalue weighted by Crippen LogP contribution is -2.47. The molecule has 0 saturated carbocycles. The average molecular weight is 291 g/mol. The summed E-state index contributed by atoms with van der Waals surface area (Å²) < 4.78 is 17.3. The second-order valence-corrected chi connectivity index (χ2v) is 6.23. The van der Waals surface area contributed by atoms with Gasteiger partial charge in [0.2, 0.25) is 0 Å². The van der Waals surface area contributed by atoms with Gasteiger partial charge in [0, 0.05) is 32.8 Å². The topological polar surface area (TPSA) is 53.7 Å². The SMILES string of the molecule is COC(c1ccccc1)C(N)C1CCOC2(CCOC2)C1. The van der Waals surface area contributed by atoms with E-state index in [4.69, 9.17) is 19.9 Å². The van der Waals surface area contributed by atoms with Gasteiger partial charge < -0.3 is 19.9 Å². The van der Waals surface area contributed by atoms with Crippen molar-refractivity contribution in [1.82, 2.24) is 0 Å². The number of hydrogen-bond acceptors (Lipinski definition) is 4. The van der Waals surface area contributed by atoms with Crippen molar-refractivity contribution in [3.63, 3.8) is 0 Å². The minimum Gasteiger partial charge on any atom is -0.378 e. The van der Waals surface area contributed by atoms with E-state index < -0.39 is 0 Å². The second-order valence-electron chi connectivity index (χ2n) is 6.23. The van der Waals surface area contributed by atoms with Crippen LogP contribution in [0.3, 0.4) is 0 Å². The lowest BCUT2D eigenvalue weighted by molar-refractivity contribution is -0.108. The van der Waals surface area contributed by atoms with Gasteiger partial charge >= 0.3 is 0 Å². The highest BCUT2D eigenvalue weighted by Crippen LogP contribution is 2.39. The summed E-state index contributed by atoms with van der Waals surface area (Å²) >= 11 is 0. The van der Waals surface area contributed by atoms with Crippen LogP contribution in [0.25, 0.3) is 0 Å². The van der Waals surface area contributed by atoms with Crippen LogP contribution in [0.2, 0.25) is 0 Å². The molecule has 4 unspecified atom stereocenters. The van der Waals surface area contributed by atoms with Crippen LogP contribution in [0.1, 0.15) is 30.9 Å². The second kappa shape index (κ2) is 6.44. The van der Waals surface area contributed by atoms with Crippen molar-refractivity contribution < 1.29 is 14.2 Å². The molecular weight excluding hydrogens is 266 g/mol. The zero-order valence-corrected chi connectivity index (χ0v) is 12.7. The molecule has 2 aliphatic heterocycles. The van der Waals surface area contributed by atoms with Gasteiger partial charge in [0.15, 0.2) is 0 Å². The first kappa shape index (κ1) is 15.0. The van der Waals surface area contributed by atoms with Crippen molar-refractivity contribution in [1.29, 1.82) is 0 Å². The van der Waals surface area contributed by atoms with Crippen LogP contribution in [0.4, 0.5) is 0 Å². The van der Waals surface area contributed by atoms with Crippen LogP contribution in [0, 0.1) is 5.92 Å². The van der Waals surface area contributed by atoms with E-state index in [1.165, 1.54) is 0 Å². The Kier molecular flexibility index (Phi) is 4.60. The highest BCUT2D eigenvalue weighted by molar-refractivity contribution is 5.19. The van der Waals surface area contributed by atoms with Gasteiger partial charge in [-0.3, -0.25) is 0 Å². The molecule has 0 amide bonds. The maximum Gasteiger partial charge on any atom is 0.0974 e. The normalized spacial score (nSPS) is 32.2. The summed E-state index contributed by atoms with van der Waals surface area (Å²) in [5.41, 5.74) is 7.61. The Balaban J connectivity index is 1.72. The summed E-state index contributed by atoms with van der Waals surface area (Å²) in [6.07, 6.45) is 2.89. The molecule has 21 heavy (non-hydrogen) atoms. The highest BCUT2D eigenvalue weighted by atomic mass is 16.6. The largest absolute Gasteiger partial charge is 0.378 e. The van der Waals surface area contributed by atoms with Crippen LogP contribution < -0.4 is 5.73 Å². The van der Waals surface area contributed by atoms with Gasteiger partial charge in [0.05, 0.1) is 18.3 Å². The van der Waals surface area contributed by atoms with Crippen LogP contribution in [0.15, 0.2) is 30.3 Å². The van der Waals surface area contributed by atoms with E-state index in [-0.39, 0.29) is 17.7 Å². The zero-order valence-electron chi connectivity index (χ0n) is 12.7. The fourth-order valence-corrected chi connectivity index (χ4v) is 3.66. The predicted molar refractivity (Wildman–Crippen MR) is 81.0 cm³/mol. The molecule has 1 aromatic carbocycles. The van der Waals surface area contributed by atoms with Crippen molar-refractivity contribution in [3.05, 3.63) is 35.9 Å². The van der Waals surface area contributed by atoms with Gasteiger partial charge in [0.25, 0.3) is 0 Å². The fraction of sp³-hybridized carbons (Fsp3) is 0.647. The third-order valence-corrected chi connectivity index (χ3v) is 4.87. The van der Waals surface area contributed by atoms with Gasteiger partial charge in [-0.05, 0) is 24.3 Å². The molecule has 1 aromatic rings. The third-order valence-electron chi connectivity index (χ3n) is 4.87. The van der Waals surface area contributed by atoms with Crippen LogP contribution in [0.5, 0.6) is 0 Å². The van der Waals surface area contributed by atoms with Gasteiger partial charge in [-0.1, -0.05) is 30.3 Å². The first-order valence-corrected chi connectivity index (χ1v) is 7.79.